The van der Waals surface area contributed by atoms with Crippen LogP contribution in [-0.4, -0.2) is 32.8 Å². The Morgan fingerprint density at radius 2 is 1.94 bits per heavy atom. The third-order valence-electron chi connectivity index (χ3n) is 4.86. The summed E-state index contributed by atoms with van der Waals surface area (Å²) in [5.41, 5.74) is 8.91. The molecule has 0 saturated carbocycles. The Hall–Kier alpha value is -3.90. The lowest BCUT2D eigenvalue weighted by molar-refractivity contribution is -0.141. The lowest BCUT2D eigenvalue weighted by atomic mass is 9.99. The molecular formula is C23H16ClN7O2S2. The molecule has 0 unspecified atom stereocenters. The highest BCUT2D eigenvalue weighted by Crippen LogP contribution is 2.37. The van der Waals surface area contributed by atoms with Crippen LogP contribution in [0, 0.1) is 22.7 Å². The summed E-state index contributed by atoms with van der Waals surface area (Å²) in [4.78, 5) is 20.6. The Balaban J connectivity index is 1.64. The molecule has 0 aliphatic carbocycles. The van der Waals surface area contributed by atoms with Crippen LogP contribution in [0.1, 0.15) is 16.8 Å². The third kappa shape index (κ3) is 5.28. The predicted molar refractivity (Wildman–Crippen MR) is 133 cm³/mol. The van der Waals surface area contributed by atoms with E-state index >= 15 is 0 Å². The van der Waals surface area contributed by atoms with Crippen LogP contribution < -0.4 is 5.73 Å². The van der Waals surface area contributed by atoms with Gasteiger partial charge >= 0.3 is 5.97 Å². The number of thioether (sulfide) groups is 1. The monoisotopic (exact) mass is 521 g/mol. The van der Waals surface area contributed by atoms with Gasteiger partial charge in [-0.15, -0.1) is 11.3 Å². The first-order chi connectivity index (χ1) is 16.9. The number of esters is 1. The number of halogens is 1. The van der Waals surface area contributed by atoms with Gasteiger partial charge in [-0.3, -0.25) is 9.48 Å². The zero-order chi connectivity index (χ0) is 24.9. The summed E-state index contributed by atoms with van der Waals surface area (Å²) in [5, 5.41) is 27.6. The van der Waals surface area contributed by atoms with E-state index in [4.69, 9.17) is 17.3 Å². The van der Waals surface area contributed by atoms with Crippen molar-refractivity contribution in [3.05, 3.63) is 63.9 Å². The average Bonchev–Trinajstić information content (AvgIpc) is 3.52. The molecule has 1 aromatic carbocycles. The number of rotatable bonds is 7. The van der Waals surface area contributed by atoms with Crippen molar-refractivity contribution in [2.24, 2.45) is 0 Å². The molecule has 4 aromatic rings. The van der Waals surface area contributed by atoms with Crippen LogP contribution in [0.4, 0.5) is 5.82 Å². The molecule has 0 amide bonds. The van der Waals surface area contributed by atoms with Gasteiger partial charge in [-0.25, -0.2) is 9.97 Å². The smallest absolute Gasteiger partial charge is 0.327 e. The normalized spacial score (nSPS) is 10.5. The quantitative estimate of drug-likeness (QED) is 0.274. The molecule has 0 radical (unpaired) electrons. The minimum atomic E-state index is -0.479. The maximum atomic E-state index is 11.6. The SMILES string of the molecule is COC(=O)Cn1cc(-c2c(C#N)c(N)nc(SCc3csc(-c4ccc(Cl)cc4)n3)c2C#N)cn1. The highest BCUT2D eigenvalue weighted by molar-refractivity contribution is 7.98. The molecule has 3 heterocycles. The number of hydrogen-bond acceptors (Lipinski definition) is 10. The van der Waals surface area contributed by atoms with E-state index in [1.165, 1.54) is 41.1 Å². The number of carbonyl (C=O) groups excluding carboxylic acids is 1. The molecule has 3 aromatic heterocycles. The minimum absolute atomic E-state index is 0.00449. The van der Waals surface area contributed by atoms with Gasteiger partial charge in [-0.05, 0) is 12.1 Å². The maximum Gasteiger partial charge on any atom is 0.327 e. The highest BCUT2D eigenvalue weighted by Gasteiger charge is 2.22. The number of methoxy groups -OCH3 is 1. The van der Waals surface area contributed by atoms with Crippen molar-refractivity contribution in [3.8, 4) is 33.8 Å². The number of carbonyl (C=O) groups is 1. The third-order valence-corrected chi connectivity index (χ3v) is 7.06. The van der Waals surface area contributed by atoms with Gasteiger partial charge in [0, 0.05) is 39.0 Å². The summed E-state index contributed by atoms with van der Waals surface area (Å²) in [7, 11) is 1.28. The molecule has 0 fully saturated rings. The number of aromatic nitrogens is 4. The second-order valence-electron chi connectivity index (χ2n) is 7.09. The van der Waals surface area contributed by atoms with Crippen molar-refractivity contribution in [1.29, 1.82) is 10.5 Å². The van der Waals surface area contributed by atoms with Crippen molar-refractivity contribution < 1.29 is 9.53 Å². The van der Waals surface area contributed by atoms with Crippen LogP contribution in [-0.2, 0) is 21.8 Å². The van der Waals surface area contributed by atoms with Gasteiger partial charge in [-0.1, -0.05) is 35.5 Å². The van der Waals surface area contributed by atoms with E-state index in [2.05, 4.69) is 25.9 Å². The number of pyridine rings is 1. The molecule has 12 heteroatoms. The van der Waals surface area contributed by atoms with Gasteiger partial charge in [-0.2, -0.15) is 15.6 Å². The summed E-state index contributed by atoms with van der Waals surface area (Å²) in [6.45, 7) is -0.109. The lowest BCUT2D eigenvalue weighted by Crippen LogP contribution is -2.11. The second kappa shape index (κ2) is 10.6. The largest absolute Gasteiger partial charge is 0.468 e. The second-order valence-corrected chi connectivity index (χ2v) is 9.35. The molecule has 0 spiro atoms. The zero-order valence-corrected chi connectivity index (χ0v) is 20.6. The van der Waals surface area contributed by atoms with Crippen LogP contribution in [0.5, 0.6) is 0 Å². The van der Waals surface area contributed by atoms with Gasteiger partial charge in [0.25, 0.3) is 0 Å². The Morgan fingerprint density at radius 3 is 2.63 bits per heavy atom. The first-order valence-corrected chi connectivity index (χ1v) is 12.2. The first-order valence-electron chi connectivity index (χ1n) is 10.00. The van der Waals surface area contributed by atoms with E-state index in [9.17, 15) is 15.3 Å². The molecular weight excluding hydrogens is 506 g/mol. The maximum absolute atomic E-state index is 11.6. The Bertz CT molecular complexity index is 1480. The predicted octanol–water partition coefficient (Wildman–Crippen LogP) is 4.51. The van der Waals surface area contributed by atoms with Crippen molar-refractivity contribution in [2.75, 3.05) is 12.8 Å². The number of ether oxygens (including phenoxy) is 1. The molecule has 0 saturated heterocycles. The van der Waals surface area contributed by atoms with Gasteiger partial charge in [0.15, 0.2) is 0 Å². The van der Waals surface area contributed by atoms with Gasteiger partial charge in [0.2, 0.25) is 0 Å². The van der Waals surface area contributed by atoms with Crippen LogP contribution >= 0.6 is 34.7 Å². The number of benzene rings is 1. The van der Waals surface area contributed by atoms with E-state index in [0.717, 1.165) is 16.3 Å². The number of hydrogen-bond donors (Lipinski definition) is 1. The van der Waals surface area contributed by atoms with E-state index in [1.54, 1.807) is 6.20 Å². The first kappa shape index (κ1) is 24.2. The zero-order valence-electron chi connectivity index (χ0n) is 18.2. The van der Waals surface area contributed by atoms with Crippen molar-refractivity contribution >= 4 is 46.5 Å². The summed E-state index contributed by atoms with van der Waals surface area (Å²) < 4.78 is 6.02. The molecule has 0 atom stereocenters. The van der Waals surface area contributed by atoms with Crippen LogP contribution in [0.3, 0.4) is 0 Å². The molecule has 0 aliphatic heterocycles. The average molecular weight is 522 g/mol. The molecule has 35 heavy (non-hydrogen) atoms. The number of anilines is 1. The Kier molecular flexibility index (Phi) is 7.32. The number of nitrogens with zero attached hydrogens (tertiary/aromatic N) is 6. The summed E-state index contributed by atoms with van der Waals surface area (Å²) in [6.07, 6.45) is 3.02. The molecule has 2 N–H and O–H groups in total. The number of thiazole rings is 1. The molecule has 9 nitrogen and oxygen atoms in total. The van der Waals surface area contributed by atoms with Crippen LogP contribution in [0.25, 0.3) is 21.7 Å². The summed E-state index contributed by atoms with van der Waals surface area (Å²) >= 11 is 8.76. The lowest BCUT2D eigenvalue weighted by Gasteiger charge is -2.11. The van der Waals surface area contributed by atoms with E-state index in [-0.39, 0.29) is 23.5 Å². The van der Waals surface area contributed by atoms with Gasteiger partial charge in [0.05, 0.1) is 24.6 Å². The fourth-order valence-corrected chi connectivity index (χ4v) is 5.15. The number of nitrogens with two attached hydrogens (primary N) is 1. The van der Waals surface area contributed by atoms with Crippen molar-refractivity contribution in [2.45, 2.75) is 17.3 Å². The van der Waals surface area contributed by atoms with E-state index in [0.29, 0.717) is 26.9 Å². The fraction of sp³-hybridized carbons (Fsp3) is 0.130. The van der Waals surface area contributed by atoms with Crippen molar-refractivity contribution in [3.63, 3.8) is 0 Å². The van der Waals surface area contributed by atoms with E-state index in [1.807, 2.05) is 35.7 Å². The van der Waals surface area contributed by atoms with E-state index < -0.39 is 5.97 Å². The summed E-state index contributed by atoms with van der Waals surface area (Å²) in [5.74, 6) is -0.0322. The Labute approximate surface area is 213 Å². The summed E-state index contributed by atoms with van der Waals surface area (Å²) in [6, 6.07) is 11.6. The molecule has 4 rings (SSSR count). The van der Waals surface area contributed by atoms with Crippen molar-refractivity contribution in [1.82, 2.24) is 19.7 Å². The molecule has 174 valence electrons. The fourth-order valence-electron chi connectivity index (χ4n) is 3.21. The van der Waals surface area contributed by atoms with Gasteiger partial charge in [0.1, 0.15) is 40.1 Å². The number of nitrogen functional groups attached to an aromatic ring is 1. The number of nitriles is 2. The standard InChI is InChI=1S/C23H16ClN7O2S2/c1-33-19(32)10-31-9-14(8-28-31)20-17(6-25)21(27)30-23(18(20)7-26)35-12-16-11-34-22(29-16)13-2-4-15(24)5-3-13/h2-5,8-9,11H,10,12H2,1H3,(H2,27,30). The highest BCUT2D eigenvalue weighted by atomic mass is 35.5. The van der Waals surface area contributed by atoms with Crippen LogP contribution in [0.15, 0.2) is 47.1 Å². The Morgan fingerprint density at radius 1 is 1.20 bits per heavy atom. The molecule has 0 aliphatic rings. The topological polar surface area (TPSA) is 144 Å². The minimum Gasteiger partial charge on any atom is -0.468 e. The molecule has 0 bridgehead atoms. The van der Waals surface area contributed by atoms with Gasteiger partial charge < -0.3 is 10.5 Å². The van der Waals surface area contributed by atoms with Crippen LogP contribution in [0.2, 0.25) is 5.02 Å².